The zero-order chi connectivity index (χ0) is 22.4. The molecule has 0 radical (unpaired) electrons. The van der Waals surface area contributed by atoms with Crippen LogP contribution in [0.25, 0.3) is 0 Å². The number of halogens is 3. The van der Waals surface area contributed by atoms with Crippen LogP contribution in [0, 0.1) is 30.1 Å². The maximum absolute atomic E-state index is 12.8. The Morgan fingerprint density at radius 3 is 2.32 bits per heavy atom. The van der Waals surface area contributed by atoms with E-state index in [4.69, 9.17) is 0 Å². The molecule has 1 aromatic heterocycles. The molecule has 4 rings (SSSR count). The second kappa shape index (κ2) is 8.05. The molecule has 2 unspecified atom stereocenters. The van der Waals surface area contributed by atoms with Gasteiger partial charge in [-0.1, -0.05) is 12.8 Å². The van der Waals surface area contributed by atoms with Gasteiger partial charge < -0.3 is 5.32 Å². The maximum atomic E-state index is 12.8. The number of pyridine rings is 1. The average Bonchev–Trinajstić information content (AvgIpc) is 3.58. The largest absolute Gasteiger partial charge is 0.433 e. The molecule has 5 nitrogen and oxygen atoms in total. The summed E-state index contributed by atoms with van der Waals surface area (Å²) in [4.78, 5) is 16.2. The molecule has 1 heterocycles. The van der Waals surface area contributed by atoms with Gasteiger partial charge in [-0.25, -0.2) is 13.4 Å². The number of rotatable bonds is 9. The third-order valence-electron chi connectivity index (χ3n) is 7.11. The smallest absolute Gasteiger partial charge is 0.351 e. The average molecular weight is 459 g/mol. The number of hydrogen-bond acceptors (Lipinski definition) is 4. The molecule has 3 aliphatic carbocycles. The van der Waals surface area contributed by atoms with Crippen molar-refractivity contribution >= 4 is 15.7 Å². The van der Waals surface area contributed by atoms with Gasteiger partial charge in [0, 0.05) is 6.54 Å². The molecule has 0 aromatic carbocycles. The monoisotopic (exact) mass is 458 g/mol. The SMILES string of the molecule is Cc1nc(C(F)(F)F)ccc1C(=O)NCC1(CC2CC2)CCC1CS(=O)(=O)CC1CC1. The van der Waals surface area contributed by atoms with Crippen LogP contribution in [0.2, 0.25) is 0 Å². The molecular formula is C22H29F3N2O3S. The van der Waals surface area contributed by atoms with Crippen molar-refractivity contribution in [2.75, 3.05) is 18.1 Å². The first-order valence-corrected chi connectivity index (χ1v) is 12.8. The Balaban J connectivity index is 1.43. The van der Waals surface area contributed by atoms with Gasteiger partial charge in [0.1, 0.15) is 5.69 Å². The number of nitrogens with zero attached hydrogens (tertiary/aromatic N) is 1. The highest BCUT2D eigenvalue weighted by molar-refractivity contribution is 7.91. The Hall–Kier alpha value is -1.64. The van der Waals surface area contributed by atoms with Crippen molar-refractivity contribution in [3.63, 3.8) is 0 Å². The minimum atomic E-state index is -4.56. The Bertz CT molecular complexity index is 955. The topological polar surface area (TPSA) is 76.1 Å². The molecule has 3 saturated carbocycles. The molecule has 31 heavy (non-hydrogen) atoms. The van der Waals surface area contributed by atoms with Crippen molar-refractivity contribution < 1.29 is 26.4 Å². The summed E-state index contributed by atoms with van der Waals surface area (Å²) in [7, 11) is -3.11. The molecule has 0 spiro atoms. The van der Waals surface area contributed by atoms with Gasteiger partial charge >= 0.3 is 6.18 Å². The van der Waals surface area contributed by atoms with Crippen LogP contribution in [0.5, 0.6) is 0 Å². The van der Waals surface area contributed by atoms with Crippen LogP contribution in [-0.2, 0) is 16.0 Å². The summed E-state index contributed by atoms with van der Waals surface area (Å²) in [6.07, 6.45) is 2.32. The molecule has 0 saturated heterocycles. The molecule has 1 amide bonds. The molecule has 9 heteroatoms. The van der Waals surface area contributed by atoms with E-state index in [9.17, 15) is 26.4 Å². The number of amides is 1. The molecule has 1 N–H and O–H groups in total. The zero-order valence-corrected chi connectivity index (χ0v) is 18.5. The molecule has 3 aliphatic rings. The van der Waals surface area contributed by atoms with Crippen molar-refractivity contribution in [1.29, 1.82) is 0 Å². The lowest BCUT2D eigenvalue weighted by Crippen LogP contribution is -2.51. The van der Waals surface area contributed by atoms with E-state index in [0.717, 1.165) is 57.1 Å². The van der Waals surface area contributed by atoms with Gasteiger partial charge in [0.05, 0.1) is 22.8 Å². The number of nitrogens with one attached hydrogen (secondary N) is 1. The molecular weight excluding hydrogens is 429 g/mol. The number of carbonyl (C=O) groups is 1. The first-order valence-electron chi connectivity index (χ1n) is 11.0. The fourth-order valence-electron chi connectivity index (χ4n) is 4.82. The summed E-state index contributed by atoms with van der Waals surface area (Å²) >= 11 is 0. The third kappa shape index (κ3) is 5.41. The van der Waals surface area contributed by atoms with Crippen molar-refractivity contribution in [2.24, 2.45) is 23.2 Å². The Morgan fingerprint density at radius 2 is 1.81 bits per heavy atom. The Labute approximate surface area is 181 Å². The van der Waals surface area contributed by atoms with Crippen LogP contribution in [0.1, 0.15) is 66.7 Å². The minimum absolute atomic E-state index is 0.0285. The van der Waals surface area contributed by atoms with E-state index < -0.39 is 27.6 Å². The van der Waals surface area contributed by atoms with E-state index in [2.05, 4.69) is 10.3 Å². The van der Waals surface area contributed by atoms with Gasteiger partial charge in [0.15, 0.2) is 9.84 Å². The maximum Gasteiger partial charge on any atom is 0.433 e. The normalized spacial score (nSPS) is 26.4. The number of hydrogen-bond donors (Lipinski definition) is 1. The van der Waals surface area contributed by atoms with E-state index in [1.807, 2.05) is 0 Å². The van der Waals surface area contributed by atoms with Gasteiger partial charge in [0.25, 0.3) is 5.91 Å². The lowest BCUT2D eigenvalue weighted by Gasteiger charge is -2.50. The van der Waals surface area contributed by atoms with E-state index in [1.165, 1.54) is 6.92 Å². The zero-order valence-electron chi connectivity index (χ0n) is 17.7. The molecule has 0 bridgehead atoms. The Kier molecular flexibility index (Phi) is 5.85. The molecule has 0 aliphatic heterocycles. The van der Waals surface area contributed by atoms with E-state index in [-0.39, 0.29) is 34.1 Å². The van der Waals surface area contributed by atoms with Crippen molar-refractivity contribution in [3.05, 3.63) is 29.1 Å². The van der Waals surface area contributed by atoms with Gasteiger partial charge in [0.2, 0.25) is 0 Å². The highest BCUT2D eigenvalue weighted by Gasteiger charge is 2.51. The van der Waals surface area contributed by atoms with E-state index >= 15 is 0 Å². The van der Waals surface area contributed by atoms with Crippen molar-refractivity contribution in [2.45, 2.75) is 58.0 Å². The highest BCUT2D eigenvalue weighted by atomic mass is 32.2. The fourth-order valence-corrected chi connectivity index (χ4v) is 7.14. The second-order valence-corrected chi connectivity index (χ2v) is 11.9. The standard InChI is InChI=1S/C22H29F3N2O3S/c1-14-18(6-7-19(27-14)22(23,24)25)20(28)26-13-21(10-15-2-3-15)9-8-17(21)12-31(29,30)11-16-4-5-16/h6-7,15-17H,2-5,8-13H2,1H3,(H,26,28). The second-order valence-electron chi connectivity index (χ2n) is 9.78. The number of aromatic nitrogens is 1. The fraction of sp³-hybridized carbons (Fsp3) is 0.727. The van der Waals surface area contributed by atoms with Crippen LogP contribution in [-0.4, -0.2) is 37.4 Å². The first kappa shape index (κ1) is 22.6. The quantitative estimate of drug-likeness (QED) is 0.603. The predicted octanol–water partition coefficient (Wildman–Crippen LogP) is 4.16. The third-order valence-corrected chi connectivity index (χ3v) is 9.00. The summed E-state index contributed by atoms with van der Waals surface area (Å²) in [5.74, 6) is 0.918. The summed E-state index contributed by atoms with van der Waals surface area (Å²) < 4.78 is 63.7. The lowest BCUT2D eigenvalue weighted by molar-refractivity contribution is -0.141. The van der Waals surface area contributed by atoms with E-state index in [1.54, 1.807) is 0 Å². The lowest BCUT2D eigenvalue weighted by atomic mass is 9.58. The summed E-state index contributed by atoms with van der Waals surface area (Å²) in [6, 6.07) is 1.98. The summed E-state index contributed by atoms with van der Waals surface area (Å²) in [6.45, 7) is 1.74. The van der Waals surface area contributed by atoms with Gasteiger partial charge in [-0.15, -0.1) is 0 Å². The van der Waals surface area contributed by atoms with Crippen LogP contribution in [0.3, 0.4) is 0 Å². The molecule has 172 valence electrons. The summed E-state index contributed by atoms with van der Waals surface area (Å²) in [5, 5.41) is 2.89. The first-order chi connectivity index (χ1) is 14.5. The highest BCUT2D eigenvalue weighted by Crippen LogP contribution is 2.55. The van der Waals surface area contributed by atoms with Crippen molar-refractivity contribution in [1.82, 2.24) is 10.3 Å². The van der Waals surface area contributed by atoms with Crippen LogP contribution in [0.15, 0.2) is 12.1 Å². The van der Waals surface area contributed by atoms with Crippen LogP contribution < -0.4 is 5.32 Å². The molecule has 1 aromatic rings. The van der Waals surface area contributed by atoms with Gasteiger partial charge in [-0.3, -0.25) is 4.79 Å². The van der Waals surface area contributed by atoms with Gasteiger partial charge in [-0.2, -0.15) is 13.2 Å². The molecule has 2 atom stereocenters. The van der Waals surface area contributed by atoms with Crippen LogP contribution >= 0.6 is 0 Å². The summed E-state index contributed by atoms with van der Waals surface area (Å²) in [5.41, 5.74) is -1.11. The molecule has 3 fully saturated rings. The number of aryl methyl sites for hydroxylation is 1. The van der Waals surface area contributed by atoms with E-state index in [0.29, 0.717) is 18.4 Å². The number of carbonyl (C=O) groups excluding carboxylic acids is 1. The Morgan fingerprint density at radius 1 is 1.13 bits per heavy atom. The minimum Gasteiger partial charge on any atom is -0.351 e. The number of alkyl halides is 3. The van der Waals surface area contributed by atoms with Crippen molar-refractivity contribution in [3.8, 4) is 0 Å². The van der Waals surface area contributed by atoms with Gasteiger partial charge in [-0.05, 0) is 74.3 Å². The van der Waals surface area contributed by atoms with Crippen LogP contribution in [0.4, 0.5) is 13.2 Å². The number of sulfone groups is 1. The predicted molar refractivity (Wildman–Crippen MR) is 110 cm³/mol.